The van der Waals surface area contributed by atoms with Crippen LogP contribution in [0.5, 0.6) is 0 Å². The highest BCUT2D eigenvalue weighted by atomic mass is 16.1. The summed E-state index contributed by atoms with van der Waals surface area (Å²) in [5.41, 5.74) is 1.59. The summed E-state index contributed by atoms with van der Waals surface area (Å²) in [5.74, 6) is 0.770. The van der Waals surface area contributed by atoms with Gasteiger partial charge in [0.05, 0.1) is 5.54 Å². The summed E-state index contributed by atoms with van der Waals surface area (Å²) >= 11 is 0. The van der Waals surface area contributed by atoms with E-state index in [1.54, 1.807) is 0 Å². The van der Waals surface area contributed by atoms with E-state index < -0.39 is 0 Å². The molecule has 1 atom stereocenters. The average molecular weight is 266 g/mol. The van der Waals surface area contributed by atoms with Crippen molar-refractivity contribution in [2.24, 2.45) is 22.2 Å². The summed E-state index contributed by atoms with van der Waals surface area (Å²) in [4.78, 5) is 16.3. The summed E-state index contributed by atoms with van der Waals surface area (Å²) in [7, 11) is 0. The molecule has 1 N–H and O–H groups in total. The fourth-order valence-corrected chi connectivity index (χ4v) is 2.37. The van der Waals surface area contributed by atoms with Gasteiger partial charge in [0.25, 0.3) is 0 Å². The molecule has 0 spiro atoms. The van der Waals surface area contributed by atoms with Crippen molar-refractivity contribution in [3.8, 4) is 0 Å². The van der Waals surface area contributed by atoms with Gasteiger partial charge in [0.1, 0.15) is 0 Å². The predicted octanol–water partition coefficient (Wildman–Crippen LogP) is 3.43. The number of carbonyl (C=O) groups excluding carboxylic acids is 1. The van der Waals surface area contributed by atoms with E-state index in [9.17, 15) is 4.79 Å². The van der Waals surface area contributed by atoms with Crippen molar-refractivity contribution in [1.82, 2.24) is 5.32 Å². The van der Waals surface area contributed by atoms with Crippen LogP contribution in [0.4, 0.5) is 0 Å². The molecule has 1 rings (SSSR count). The van der Waals surface area contributed by atoms with Crippen LogP contribution >= 0.6 is 0 Å². The molecular weight excluding hydrogens is 236 g/mol. The SMILES string of the molecule is CC(C)C(=O)NCC(C)(C)CCC1(C)N=C1C(C)C. The minimum absolute atomic E-state index is 0.0626. The van der Waals surface area contributed by atoms with Gasteiger partial charge >= 0.3 is 0 Å². The molecule has 1 aliphatic rings. The molecule has 1 heterocycles. The van der Waals surface area contributed by atoms with E-state index in [2.05, 4.69) is 44.9 Å². The first-order valence-electron chi connectivity index (χ1n) is 7.45. The number of rotatable bonds is 7. The molecular formula is C16H30N2O. The Balaban J connectivity index is 2.34. The second-order valence-electron chi connectivity index (χ2n) is 7.46. The molecule has 0 radical (unpaired) electrons. The van der Waals surface area contributed by atoms with Crippen LogP contribution in [0.1, 0.15) is 61.3 Å². The molecule has 0 saturated heterocycles. The van der Waals surface area contributed by atoms with Crippen LogP contribution in [-0.2, 0) is 4.79 Å². The van der Waals surface area contributed by atoms with E-state index >= 15 is 0 Å². The average Bonchev–Trinajstić information content (AvgIpc) is 2.97. The highest BCUT2D eigenvalue weighted by Gasteiger charge is 2.43. The van der Waals surface area contributed by atoms with Gasteiger partial charge < -0.3 is 5.32 Å². The van der Waals surface area contributed by atoms with E-state index in [4.69, 9.17) is 0 Å². The Labute approximate surface area is 118 Å². The lowest BCUT2D eigenvalue weighted by Gasteiger charge is -2.27. The van der Waals surface area contributed by atoms with Crippen LogP contribution in [0.25, 0.3) is 0 Å². The monoisotopic (exact) mass is 266 g/mol. The van der Waals surface area contributed by atoms with Crippen molar-refractivity contribution in [3.05, 3.63) is 0 Å². The number of nitrogens with zero attached hydrogens (tertiary/aromatic N) is 1. The van der Waals surface area contributed by atoms with Crippen molar-refractivity contribution in [1.29, 1.82) is 0 Å². The molecule has 0 aromatic heterocycles. The summed E-state index contributed by atoms with van der Waals surface area (Å²) in [6.07, 6.45) is 2.17. The van der Waals surface area contributed by atoms with Gasteiger partial charge in [0.15, 0.2) is 0 Å². The zero-order valence-corrected chi connectivity index (χ0v) is 13.6. The molecule has 0 fully saturated rings. The van der Waals surface area contributed by atoms with Crippen molar-refractivity contribution in [3.63, 3.8) is 0 Å². The van der Waals surface area contributed by atoms with E-state index in [1.165, 1.54) is 5.71 Å². The summed E-state index contributed by atoms with van der Waals surface area (Å²) in [6, 6.07) is 0. The maximum atomic E-state index is 11.6. The highest BCUT2D eigenvalue weighted by Crippen LogP contribution is 2.39. The van der Waals surface area contributed by atoms with Crippen LogP contribution in [-0.4, -0.2) is 23.7 Å². The quantitative estimate of drug-likeness (QED) is 0.753. The van der Waals surface area contributed by atoms with Gasteiger partial charge in [-0.25, -0.2) is 0 Å². The van der Waals surface area contributed by atoms with E-state index in [0.29, 0.717) is 5.92 Å². The van der Waals surface area contributed by atoms with Crippen LogP contribution in [0, 0.1) is 17.3 Å². The first-order chi connectivity index (χ1) is 8.57. The normalized spacial score (nSPS) is 22.7. The molecule has 0 saturated carbocycles. The van der Waals surface area contributed by atoms with E-state index in [-0.39, 0.29) is 22.8 Å². The number of amides is 1. The molecule has 0 aliphatic carbocycles. The maximum Gasteiger partial charge on any atom is 0.222 e. The fourth-order valence-electron chi connectivity index (χ4n) is 2.37. The molecule has 1 unspecified atom stereocenters. The van der Waals surface area contributed by atoms with Crippen molar-refractivity contribution < 1.29 is 4.79 Å². The Morgan fingerprint density at radius 3 is 2.32 bits per heavy atom. The Kier molecular flexibility index (Phi) is 4.81. The van der Waals surface area contributed by atoms with E-state index in [0.717, 1.165) is 19.4 Å². The third-order valence-corrected chi connectivity index (χ3v) is 3.97. The number of hydrogen-bond donors (Lipinski definition) is 1. The molecule has 0 bridgehead atoms. The molecule has 1 aliphatic heterocycles. The second-order valence-corrected chi connectivity index (χ2v) is 7.46. The third kappa shape index (κ3) is 4.63. The lowest BCUT2D eigenvalue weighted by atomic mass is 9.82. The van der Waals surface area contributed by atoms with Gasteiger partial charge in [0, 0.05) is 18.2 Å². The number of hydrogen-bond acceptors (Lipinski definition) is 2. The first-order valence-corrected chi connectivity index (χ1v) is 7.45. The minimum Gasteiger partial charge on any atom is -0.355 e. The van der Waals surface area contributed by atoms with Gasteiger partial charge in [-0.05, 0) is 31.1 Å². The number of nitrogens with one attached hydrogen (secondary N) is 1. The van der Waals surface area contributed by atoms with Gasteiger partial charge in [-0.1, -0.05) is 41.5 Å². The van der Waals surface area contributed by atoms with Crippen LogP contribution < -0.4 is 5.32 Å². The van der Waals surface area contributed by atoms with Crippen molar-refractivity contribution in [2.45, 2.75) is 66.8 Å². The smallest absolute Gasteiger partial charge is 0.222 e. The Morgan fingerprint density at radius 2 is 1.89 bits per heavy atom. The molecule has 0 aromatic carbocycles. The number of carbonyl (C=O) groups is 1. The summed E-state index contributed by atoms with van der Waals surface area (Å²) in [6.45, 7) is 15.7. The predicted molar refractivity (Wildman–Crippen MR) is 81.5 cm³/mol. The van der Waals surface area contributed by atoms with Crippen LogP contribution in [0.2, 0.25) is 0 Å². The Bertz CT molecular complexity index is 369. The Hall–Kier alpha value is -0.860. The minimum atomic E-state index is 0.0626. The number of aliphatic imine (C=N–C) groups is 1. The summed E-state index contributed by atoms with van der Waals surface area (Å²) < 4.78 is 0. The molecule has 19 heavy (non-hydrogen) atoms. The van der Waals surface area contributed by atoms with Crippen molar-refractivity contribution >= 4 is 11.6 Å². The maximum absolute atomic E-state index is 11.6. The topological polar surface area (TPSA) is 41.5 Å². The summed E-state index contributed by atoms with van der Waals surface area (Å²) in [5, 5.41) is 3.04. The Morgan fingerprint density at radius 1 is 1.32 bits per heavy atom. The lowest BCUT2D eigenvalue weighted by Crippen LogP contribution is -2.37. The molecule has 0 aromatic rings. The standard InChI is InChI=1S/C16H30N2O/c1-11(2)13-16(7,18-13)9-8-15(5,6)10-17-14(19)12(3)4/h11-12H,8-10H2,1-7H3,(H,17,19). The van der Waals surface area contributed by atoms with Gasteiger partial charge in [0.2, 0.25) is 5.91 Å². The largest absolute Gasteiger partial charge is 0.355 e. The molecule has 3 heteroatoms. The molecule has 3 nitrogen and oxygen atoms in total. The fraction of sp³-hybridized carbons (Fsp3) is 0.875. The van der Waals surface area contributed by atoms with Gasteiger partial charge in [-0.2, -0.15) is 0 Å². The zero-order chi connectivity index (χ0) is 14.8. The van der Waals surface area contributed by atoms with Gasteiger partial charge in [-0.3, -0.25) is 9.79 Å². The third-order valence-electron chi connectivity index (χ3n) is 3.97. The van der Waals surface area contributed by atoms with E-state index in [1.807, 2.05) is 13.8 Å². The lowest BCUT2D eigenvalue weighted by molar-refractivity contribution is -0.124. The first kappa shape index (κ1) is 16.2. The second kappa shape index (κ2) is 5.64. The molecule has 110 valence electrons. The zero-order valence-electron chi connectivity index (χ0n) is 13.6. The van der Waals surface area contributed by atoms with Gasteiger partial charge in [-0.15, -0.1) is 0 Å². The molecule has 1 amide bonds. The van der Waals surface area contributed by atoms with Crippen LogP contribution in [0.15, 0.2) is 4.99 Å². The van der Waals surface area contributed by atoms with Crippen LogP contribution in [0.3, 0.4) is 0 Å². The van der Waals surface area contributed by atoms with Crippen molar-refractivity contribution in [2.75, 3.05) is 6.54 Å². The highest BCUT2D eigenvalue weighted by molar-refractivity contribution is 6.06.